The number of hydrogen-bond donors (Lipinski definition) is 1. The lowest BCUT2D eigenvalue weighted by Crippen LogP contribution is -2.46. The Morgan fingerprint density at radius 1 is 1.40 bits per heavy atom. The molecular weight excluding hydrogens is 252 g/mol. The number of carbonyl (C=O) groups excluding carboxylic acids is 1. The van der Waals surface area contributed by atoms with E-state index in [9.17, 15) is 4.79 Å². The molecule has 1 heterocycles. The van der Waals surface area contributed by atoms with Gasteiger partial charge in [0, 0.05) is 12.2 Å². The van der Waals surface area contributed by atoms with Crippen LogP contribution in [0.2, 0.25) is 0 Å². The molecule has 110 valence electrons. The summed E-state index contributed by atoms with van der Waals surface area (Å²) in [6.07, 6.45) is 2.45. The van der Waals surface area contributed by atoms with Gasteiger partial charge in [-0.05, 0) is 56.5 Å². The van der Waals surface area contributed by atoms with Crippen molar-refractivity contribution in [2.45, 2.75) is 32.7 Å². The Morgan fingerprint density at radius 3 is 2.70 bits per heavy atom. The van der Waals surface area contributed by atoms with Gasteiger partial charge in [0.05, 0.1) is 13.2 Å². The van der Waals surface area contributed by atoms with Gasteiger partial charge in [-0.3, -0.25) is 9.69 Å². The Bertz CT molecular complexity index is 444. The summed E-state index contributed by atoms with van der Waals surface area (Å²) in [5.74, 6) is 1.53. The van der Waals surface area contributed by atoms with E-state index in [2.05, 4.69) is 17.1 Å². The quantitative estimate of drug-likeness (QED) is 0.919. The highest BCUT2D eigenvalue weighted by Crippen LogP contribution is 2.19. The van der Waals surface area contributed by atoms with Crippen LogP contribution in [0.5, 0.6) is 5.75 Å². The Hall–Kier alpha value is -1.55. The first kappa shape index (κ1) is 14.9. The third-order valence-corrected chi connectivity index (χ3v) is 3.97. The highest BCUT2D eigenvalue weighted by Gasteiger charge is 2.25. The van der Waals surface area contributed by atoms with Gasteiger partial charge in [-0.15, -0.1) is 0 Å². The van der Waals surface area contributed by atoms with E-state index in [1.165, 1.54) is 12.8 Å². The number of nitrogens with one attached hydrogen (secondary N) is 1. The number of benzene rings is 1. The van der Waals surface area contributed by atoms with Crippen LogP contribution < -0.4 is 10.1 Å². The second-order valence-electron chi connectivity index (χ2n) is 5.64. The van der Waals surface area contributed by atoms with Crippen molar-refractivity contribution in [2.75, 3.05) is 25.5 Å². The van der Waals surface area contributed by atoms with Crippen molar-refractivity contribution in [1.82, 2.24) is 4.90 Å². The number of rotatable bonds is 4. The zero-order valence-corrected chi connectivity index (χ0v) is 12.6. The van der Waals surface area contributed by atoms with E-state index in [1.54, 1.807) is 7.11 Å². The minimum absolute atomic E-state index is 0.0595. The minimum atomic E-state index is -0.0835. The number of carbonyl (C=O) groups is 1. The number of hydrogen-bond acceptors (Lipinski definition) is 3. The molecule has 1 fully saturated rings. The molecule has 0 saturated carbocycles. The molecule has 2 rings (SSSR count). The van der Waals surface area contributed by atoms with Crippen molar-refractivity contribution in [1.29, 1.82) is 0 Å². The van der Waals surface area contributed by atoms with E-state index in [-0.39, 0.29) is 11.9 Å². The Balaban J connectivity index is 1.92. The summed E-state index contributed by atoms with van der Waals surface area (Å²) in [6, 6.07) is 7.34. The van der Waals surface area contributed by atoms with Crippen molar-refractivity contribution >= 4 is 11.6 Å². The number of ether oxygens (including phenoxy) is 1. The SMILES string of the molecule is COc1ccc(NC(=O)[C@H](C)N2CCC[C@@H](C)C2)cc1. The number of amides is 1. The molecule has 20 heavy (non-hydrogen) atoms. The normalized spacial score (nSPS) is 21.2. The summed E-state index contributed by atoms with van der Waals surface area (Å²) in [7, 11) is 1.63. The lowest BCUT2D eigenvalue weighted by molar-refractivity contribution is -0.121. The third kappa shape index (κ3) is 3.73. The highest BCUT2D eigenvalue weighted by molar-refractivity contribution is 5.94. The Labute approximate surface area is 121 Å². The number of methoxy groups -OCH3 is 1. The Kier molecular flexibility index (Phi) is 5.01. The predicted molar refractivity (Wildman–Crippen MR) is 81.1 cm³/mol. The molecule has 1 N–H and O–H groups in total. The molecule has 0 spiro atoms. The molecule has 1 saturated heterocycles. The molecule has 1 aromatic rings. The van der Waals surface area contributed by atoms with Crippen LogP contribution in [0.25, 0.3) is 0 Å². The highest BCUT2D eigenvalue weighted by atomic mass is 16.5. The maximum absolute atomic E-state index is 12.3. The van der Waals surface area contributed by atoms with Crippen LogP contribution in [-0.2, 0) is 4.79 Å². The van der Waals surface area contributed by atoms with Gasteiger partial charge in [0.1, 0.15) is 5.75 Å². The number of anilines is 1. The molecule has 4 heteroatoms. The van der Waals surface area contributed by atoms with Crippen LogP contribution in [0.15, 0.2) is 24.3 Å². The fourth-order valence-corrected chi connectivity index (χ4v) is 2.66. The van der Waals surface area contributed by atoms with E-state index in [4.69, 9.17) is 4.74 Å². The molecule has 0 unspecified atom stereocenters. The summed E-state index contributed by atoms with van der Waals surface area (Å²) >= 11 is 0. The summed E-state index contributed by atoms with van der Waals surface area (Å²) < 4.78 is 5.11. The zero-order valence-electron chi connectivity index (χ0n) is 12.6. The predicted octanol–water partition coefficient (Wildman–Crippen LogP) is 2.75. The third-order valence-electron chi connectivity index (χ3n) is 3.97. The number of piperidine rings is 1. The van der Waals surface area contributed by atoms with Crippen molar-refractivity contribution in [3.8, 4) is 5.75 Å². The fraction of sp³-hybridized carbons (Fsp3) is 0.562. The van der Waals surface area contributed by atoms with Crippen LogP contribution in [0.4, 0.5) is 5.69 Å². The molecule has 0 aliphatic carbocycles. The summed E-state index contributed by atoms with van der Waals surface area (Å²) in [5, 5.41) is 2.97. The molecule has 1 aromatic carbocycles. The van der Waals surface area contributed by atoms with Crippen LogP contribution >= 0.6 is 0 Å². The van der Waals surface area contributed by atoms with Gasteiger partial charge >= 0.3 is 0 Å². The second-order valence-corrected chi connectivity index (χ2v) is 5.64. The average molecular weight is 276 g/mol. The number of likely N-dealkylation sites (tertiary alicyclic amines) is 1. The first-order chi connectivity index (χ1) is 9.60. The first-order valence-corrected chi connectivity index (χ1v) is 7.29. The van der Waals surface area contributed by atoms with Gasteiger partial charge in [-0.1, -0.05) is 6.92 Å². The monoisotopic (exact) mass is 276 g/mol. The summed E-state index contributed by atoms with van der Waals surface area (Å²) in [4.78, 5) is 14.6. The number of nitrogens with zero attached hydrogens (tertiary/aromatic N) is 1. The zero-order chi connectivity index (χ0) is 14.5. The second kappa shape index (κ2) is 6.75. The first-order valence-electron chi connectivity index (χ1n) is 7.29. The van der Waals surface area contributed by atoms with E-state index in [1.807, 2.05) is 31.2 Å². The van der Waals surface area contributed by atoms with Crippen LogP contribution in [0.3, 0.4) is 0 Å². The maximum atomic E-state index is 12.3. The lowest BCUT2D eigenvalue weighted by Gasteiger charge is -2.34. The van der Waals surface area contributed by atoms with E-state index < -0.39 is 0 Å². The van der Waals surface area contributed by atoms with Crippen LogP contribution in [0.1, 0.15) is 26.7 Å². The smallest absolute Gasteiger partial charge is 0.241 e. The Morgan fingerprint density at radius 2 is 2.10 bits per heavy atom. The van der Waals surface area contributed by atoms with Crippen molar-refractivity contribution in [3.63, 3.8) is 0 Å². The molecule has 2 atom stereocenters. The van der Waals surface area contributed by atoms with Gasteiger partial charge in [-0.2, -0.15) is 0 Å². The van der Waals surface area contributed by atoms with Gasteiger partial charge in [0.25, 0.3) is 0 Å². The van der Waals surface area contributed by atoms with Gasteiger partial charge in [0.15, 0.2) is 0 Å². The molecular formula is C16H24N2O2. The van der Waals surface area contributed by atoms with E-state index in [0.29, 0.717) is 5.92 Å². The molecule has 0 radical (unpaired) electrons. The van der Waals surface area contributed by atoms with Crippen molar-refractivity contribution in [2.24, 2.45) is 5.92 Å². The lowest BCUT2D eigenvalue weighted by atomic mass is 9.99. The van der Waals surface area contributed by atoms with Gasteiger partial charge in [0.2, 0.25) is 5.91 Å². The average Bonchev–Trinajstić information content (AvgIpc) is 2.47. The summed E-state index contributed by atoms with van der Waals surface area (Å²) in [5.41, 5.74) is 0.813. The minimum Gasteiger partial charge on any atom is -0.497 e. The largest absolute Gasteiger partial charge is 0.497 e. The molecule has 1 amide bonds. The van der Waals surface area contributed by atoms with Gasteiger partial charge < -0.3 is 10.1 Å². The van der Waals surface area contributed by atoms with Crippen LogP contribution in [-0.4, -0.2) is 37.0 Å². The van der Waals surface area contributed by atoms with Crippen molar-refractivity contribution < 1.29 is 9.53 Å². The molecule has 4 nitrogen and oxygen atoms in total. The fourth-order valence-electron chi connectivity index (χ4n) is 2.66. The van der Waals surface area contributed by atoms with Gasteiger partial charge in [-0.25, -0.2) is 0 Å². The molecule has 1 aliphatic heterocycles. The van der Waals surface area contributed by atoms with E-state index in [0.717, 1.165) is 24.5 Å². The van der Waals surface area contributed by atoms with E-state index >= 15 is 0 Å². The van der Waals surface area contributed by atoms with Crippen molar-refractivity contribution in [3.05, 3.63) is 24.3 Å². The molecule has 0 aromatic heterocycles. The maximum Gasteiger partial charge on any atom is 0.241 e. The topological polar surface area (TPSA) is 41.6 Å². The standard InChI is InChI=1S/C16H24N2O2/c1-12-5-4-10-18(11-12)13(2)16(19)17-14-6-8-15(20-3)9-7-14/h6-9,12-13H,4-5,10-11H2,1-3H3,(H,17,19)/t12-,13+/m1/s1. The molecule has 0 bridgehead atoms. The van der Waals surface area contributed by atoms with Crippen LogP contribution in [0, 0.1) is 5.92 Å². The molecule has 1 aliphatic rings. The summed E-state index contributed by atoms with van der Waals surface area (Å²) in [6.45, 7) is 6.26.